The first kappa shape index (κ1) is 64.9. The smallest absolute Gasteiger partial charge is 0.268 e. The maximum atomic E-state index is 12.9. The van der Waals surface area contributed by atoms with Crippen LogP contribution in [0.2, 0.25) is 0 Å². The number of amides is 1. The van der Waals surface area contributed by atoms with Gasteiger partial charge in [0.25, 0.3) is 7.82 Å². The molecule has 0 fully saturated rings. The highest BCUT2D eigenvalue weighted by Crippen LogP contribution is 2.38. The number of nitrogens with zero attached hydrogens (tertiary/aromatic N) is 1. The summed E-state index contributed by atoms with van der Waals surface area (Å²) in [5.41, 5.74) is 0. The molecule has 67 heavy (non-hydrogen) atoms. The summed E-state index contributed by atoms with van der Waals surface area (Å²) in [5.74, 6) is -0.230. The molecule has 390 valence electrons. The van der Waals surface area contributed by atoms with E-state index in [4.69, 9.17) is 9.05 Å². The van der Waals surface area contributed by atoms with E-state index in [0.29, 0.717) is 17.4 Å². The van der Waals surface area contributed by atoms with Gasteiger partial charge in [0.05, 0.1) is 39.9 Å². The van der Waals surface area contributed by atoms with Crippen molar-refractivity contribution in [3.63, 3.8) is 0 Å². The van der Waals surface area contributed by atoms with Crippen LogP contribution in [0.3, 0.4) is 0 Å². The van der Waals surface area contributed by atoms with E-state index in [0.717, 1.165) is 83.5 Å². The summed E-state index contributed by atoms with van der Waals surface area (Å²) >= 11 is 0. The van der Waals surface area contributed by atoms with Crippen LogP contribution in [-0.4, -0.2) is 68.5 Å². The first-order valence-electron chi connectivity index (χ1n) is 27.8. The van der Waals surface area contributed by atoms with Crippen LogP contribution in [0.4, 0.5) is 0 Å². The average Bonchev–Trinajstić information content (AvgIpc) is 3.29. The number of phosphoric ester groups is 1. The summed E-state index contributed by atoms with van der Waals surface area (Å²) in [7, 11) is 1.21. The molecule has 0 aromatic heterocycles. The highest BCUT2D eigenvalue weighted by molar-refractivity contribution is 7.45. The van der Waals surface area contributed by atoms with E-state index < -0.39 is 26.6 Å². The van der Waals surface area contributed by atoms with Gasteiger partial charge in [-0.05, 0) is 77.0 Å². The predicted octanol–water partition coefficient (Wildman–Crippen LogP) is 16.1. The van der Waals surface area contributed by atoms with Gasteiger partial charge in [-0.15, -0.1) is 0 Å². The molecule has 0 spiro atoms. The third-order valence-corrected chi connectivity index (χ3v) is 13.1. The lowest BCUT2D eigenvalue weighted by molar-refractivity contribution is -0.870. The van der Waals surface area contributed by atoms with Crippen molar-refractivity contribution < 1.29 is 32.9 Å². The number of unbranched alkanes of at least 4 members (excludes halogenated alkanes) is 27. The van der Waals surface area contributed by atoms with Crippen molar-refractivity contribution >= 4 is 13.7 Å². The number of allylic oxidation sites excluding steroid dienone is 11. The third kappa shape index (κ3) is 51.6. The fourth-order valence-corrected chi connectivity index (χ4v) is 8.51. The van der Waals surface area contributed by atoms with Crippen LogP contribution < -0.4 is 10.2 Å². The average molecular weight is 959 g/mol. The monoisotopic (exact) mass is 959 g/mol. The number of phosphoric acid groups is 1. The topological polar surface area (TPSA) is 108 Å². The first-order valence-corrected chi connectivity index (χ1v) is 29.3. The number of hydrogen-bond acceptors (Lipinski definition) is 6. The van der Waals surface area contributed by atoms with Gasteiger partial charge in [-0.3, -0.25) is 9.36 Å². The van der Waals surface area contributed by atoms with Gasteiger partial charge in [0.1, 0.15) is 13.2 Å². The minimum Gasteiger partial charge on any atom is -0.756 e. The molecule has 0 rings (SSSR count). The number of likely N-dealkylation sites (N-methyl/N-ethyl adjacent to an activating group) is 1. The zero-order valence-electron chi connectivity index (χ0n) is 44.3. The molecule has 0 aromatic rings. The maximum Gasteiger partial charge on any atom is 0.268 e. The number of aliphatic hydroxyl groups excluding tert-OH is 1. The van der Waals surface area contributed by atoms with Gasteiger partial charge in [0.2, 0.25) is 5.91 Å². The number of hydrogen-bond donors (Lipinski definition) is 2. The van der Waals surface area contributed by atoms with Gasteiger partial charge in [-0.25, -0.2) is 0 Å². The Morgan fingerprint density at radius 2 is 0.925 bits per heavy atom. The molecule has 8 nitrogen and oxygen atoms in total. The van der Waals surface area contributed by atoms with Gasteiger partial charge < -0.3 is 28.8 Å². The molecular weight excluding hydrogens is 852 g/mol. The second kappa shape index (κ2) is 48.9. The van der Waals surface area contributed by atoms with Crippen LogP contribution in [0, 0.1) is 0 Å². The van der Waals surface area contributed by atoms with Crippen molar-refractivity contribution in [3.8, 4) is 0 Å². The Kier molecular flexibility index (Phi) is 47.4. The van der Waals surface area contributed by atoms with E-state index in [1.807, 2.05) is 27.2 Å². The Labute approximate surface area is 414 Å². The maximum absolute atomic E-state index is 12.9. The Hall–Kier alpha value is -2.06. The van der Waals surface area contributed by atoms with Crippen molar-refractivity contribution in [3.05, 3.63) is 72.9 Å². The minimum atomic E-state index is -4.61. The minimum absolute atomic E-state index is 0.0158. The number of carbonyl (C=O) groups is 1. The lowest BCUT2D eigenvalue weighted by atomic mass is 10.0. The van der Waals surface area contributed by atoms with Crippen molar-refractivity contribution in [2.45, 2.75) is 251 Å². The van der Waals surface area contributed by atoms with E-state index >= 15 is 0 Å². The van der Waals surface area contributed by atoms with Crippen molar-refractivity contribution in [2.24, 2.45) is 0 Å². The summed E-state index contributed by atoms with van der Waals surface area (Å²) in [6.45, 7) is 4.50. The normalized spacial score (nSPS) is 14.6. The van der Waals surface area contributed by atoms with E-state index in [1.165, 1.54) is 135 Å². The van der Waals surface area contributed by atoms with Crippen LogP contribution in [0.25, 0.3) is 0 Å². The van der Waals surface area contributed by atoms with Crippen LogP contribution in [0.15, 0.2) is 72.9 Å². The molecule has 0 aliphatic heterocycles. The Morgan fingerprint density at radius 3 is 1.39 bits per heavy atom. The molecule has 3 unspecified atom stereocenters. The van der Waals surface area contributed by atoms with Gasteiger partial charge in [-0.2, -0.15) is 0 Å². The quantitative estimate of drug-likeness (QED) is 0.0272. The van der Waals surface area contributed by atoms with Crippen molar-refractivity contribution in [2.75, 3.05) is 40.9 Å². The molecule has 0 heterocycles. The lowest BCUT2D eigenvalue weighted by Gasteiger charge is -2.29. The number of carbonyl (C=O) groups excluding carboxylic acids is 1. The molecule has 1 amide bonds. The van der Waals surface area contributed by atoms with Crippen LogP contribution in [-0.2, 0) is 18.4 Å². The second-order valence-electron chi connectivity index (χ2n) is 19.9. The fraction of sp³-hybridized carbons (Fsp3) is 0.776. The van der Waals surface area contributed by atoms with Crippen LogP contribution in [0.5, 0.6) is 0 Å². The molecule has 0 saturated heterocycles. The summed E-state index contributed by atoms with van der Waals surface area (Å²) in [4.78, 5) is 25.4. The molecule has 0 radical (unpaired) electrons. The van der Waals surface area contributed by atoms with E-state index in [1.54, 1.807) is 6.08 Å². The highest BCUT2D eigenvalue weighted by Gasteiger charge is 2.23. The summed E-state index contributed by atoms with van der Waals surface area (Å²) in [6.07, 6.45) is 67.1. The highest BCUT2D eigenvalue weighted by atomic mass is 31.2. The molecular formula is C58H107N2O6P. The zero-order chi connectivity index (χ0) is 49.2. The summed E-state index contributed by atoms with van der Waals surface area (Å²) in [6, 6.07) is -0.923. The van der Waals surface area contributed by atoms with Crippen molar-refractivity contribution in [1.29, 1.82) is 0 Å². The molecule has 0 saturated carbocycles. The summed E-state index contributed by atoms with van der Waals surface area (Å²) in [5, 5.41) is 13.8. The Balaban J connectivity index is 4.25. The largest absolute Gasteiger partial charge is 0.756 e. The predicted molar refractivity (Wildman–Crippen MR) is 288 cm³/mol. The molecule has 3 atom stereocenters. The lowest BCUT2D eigenvalue weighted by Crippen LogP contribution is -2.45. The van der Waals surface area contributed by atoms with Gasteiger partial charge >= 0.3 is 0 Å². The van der Waals surface area contributed by atoms with Crippen LogP contribution >= 0.6 is 7.82 Å². The van der Waals surface area contributed by atoms with Gasteiger partial charge in [0, 0.05) is 6.42 Å². The molecule has 0 aliphatic carbocycles. The van der Waals surface area contributed by atoms with E-state index in [2.05, 4.69) is 79.9 Å². The van der Waals surface area contributed by atoms with Crippen molar-refractivity contribution in [1.82, 2.24) is 5.32 Å². The van der Waals surface area contributed by atoms with E-state index in [-0.39, 0.29) is 12.5 Å². The molecule has 0 aliphatic rings. The standard InChI is InChI=1S/C58H107N2O6P/c1-6-8-10-12-14-16-18-20-22-23-24-25-26-27-28-29-30-31-32-33-34-35-36-38-39-41-43-45-47-49-51-57(61)56(55-66-67(63,64)65-54-53-60(3,4)5)59-58(62)52-50-48-46-44-42-40-37-21-19-17-15-13-11-9-7-2/h9,11,15,17,21,35-37,41,43,49,51,56-57,61H,6-8,10,12-14,16,18-20,22-34,38-40,42,44-48,50,52-55H2,1-5H3,(H-,59,62,63,64)/b11-9-,17-15-,36-35+,37-21-,43-41+,51-49+. The molecule has 0 bridgehead atoms. The van der Waals surface area contributed by atoms with Gasteiger partial charge in [0.15, 0.2) is 0 Å². The van der Waals surface area contributed by atoms with E-state index in [9.17, 15) is 19.4 Å². The van der Waals surface area contributed by atoms with Crippen LogP contribution in [0.1, 0.15) is 239 Å². The Bertz CT molecular complexity index is 1320. The number of quaternary nitrogens is 1. The second-order valence-corrected chi connectivity index (χ2v) is 21.3. The zero-order valence-corrected chi connectivity index (χ0v) is 45.2. The van der Waals surface area contributed by atoms with Gasteiger partial charge in [-0.1, -0.05) is 228 Å². The number of nitrogens with one attached hydrogen (secondary N) is 1. The first-order chi connectivity index (χ1) is 32.5. The molecule has 9 heteroatoms. The molecule has 2 N–H and O–H groups in total. The summed E-state index contributed by atoms with van der Waals surface area (Å²) < 4.78 is 23.3. The Morgan fingerprint density at radius 1 is 0.537 bits per heavy atom. The SMILES string of the molecule is CC/C=C\C/C=C\C/C=C\CCCCCCCC(=O)NC(COP(=O)([O-])OCC[N+](C)(C)C)C(O)/C=C/CC/C=C/CC/C=C/CCCCCCCCCCCCCCCCCCCCCC. The fourth-order valence-electron chi connectivity index (χ4n) is 7.79. The molecule has 0 aromatic carbocycles. The number of rotatable bonds is 50. The number of aliphatic hydroxyl groups is 1. The third-order valence-electron chi connectivity index (χ3n) is 12.1.